The van der Waals surface area contributed by atoms with E-state index in [1.165, 1.54) is 11.6 Å². The minimum Gasteiger partial charge on any atom is -0.497 e. The Morgan fingerprint density at radius 3 is 2.38 bits per heavy atom. The lowest BCUT2D eigenvalue weighted by atomic mass is 9.98. The lowest BCUT2D eigenvalue weighted by Gasteiger charge is -2.18. The summed E-state index contributed by atoms with van der Waals surface area (Å²) in [5.74, 6) is 0.725. The largest absolute Gasteiger partial charge is 0.497 e. The molecule has 0 aliphatic heterocycles. The second-order valence-electron chi connectivity index (χ2n) is 5.10. The normalized spacial score (nSPS) is 12.1. The SMILES string of the molecule is CCNC(Cc1ccc(OC)cc1)Cc1ccccc1F. The standard InChI is InChI=1S/C18H22FNO/c1-3-20-16(13-15-6-4-5-7-18(15)19)12-14-8-10-17(21-2)11-9-14/h4-11,16,20H,3,12-13H2,1-2H3. The molecule has 2 aromatic rings. The van der Waals surface area contributed by atoms with Gasteiger partial charge in [0.2, 0.25) is 0 Å². The van der Waals surface area contributed by atoms with Crippen LogP contribution >= 0.6 is 0 Å². The summed E-state index contributed by atoms with van der Waals surface area (Å²) in [6.45, 7) is 2.94. The molecule has 0 radical (unpaired) electrons. The van der Waals surface area contributed by atoms with E-state index in [0.29, 0.717) is 6.42 Å². The first-order valence-electron chi connectivity index (χ1n) is 7.32. The van der Waals surface area contributed by atoms with Crippen molar-refractivity contribution in [2.24, 2.45) is 0 Å². The fourth-order valence-electron chi connectivity index (χ4n) is 2.48. The summed E-state index contributed by atoms with van der Waals surface area (Å²) in [5, 5.41) is 3.44. The third-order valence-electron chi connectivity index (χ3n) is 3.56. The maximum atomic E-state index is 13.8. The van der Waals surface area contributed by atoms with Crippen molar-refractivity contribution in [3.8, 4) is 5.75 Å². The van der Waals surface area contributed by atoms with E-state index >= 15 is 0 Å². The fraction of sp³-hybridized carbons (Fsp3) is 0.333. The maximum Gasteiger partial charge on any atom is 0.126 e. The third kappa shape index (κ3) is 4.57. The number of hydrogen-bond donors (Lipinski definition) is 1. The molecular formula is C18H22FNO. The molecule has 2 aromatic carbocycles. The minimum atomic E-state index is -0.130. The van der Waals surface area contributed by atoms with Gasteiger partial charge in [0.1, 0.15) is 11.6 Å². The van der Waals surface area contributed by atoms with Crippen molar-refractivity contribution in [2.75, 3.05) is 13.7 Å². The number of halogens is 1. The summed E-state index contributed by atoms with van der Waals surface area (Å²) in [4.78, 5) is 0. The Labute approximate surface area is 126 Å². The third-order valence-corrected chi connectivity index (χ3v) is 3.56. The van der Waals surface area contributed by atoms with Crippen LogP contribution in [0.4, 0.5) is 4.39 Å². The first kappa shape index (κ1) is 15.5. The molecule has 0 saturated carbocycles. The van der Waals surface area contributed by atoms with Crippen LogP contribution in [0, 0.1) is 5.82 Å². The Balaban J connectivity index is 2.06. The molecule has 0 heterocycles. The zero-order valence-corrected chi connectivity index (χ0v) is 12.6. The Morgan fingerprint density at radius 1 is 1.05 bits per heavy atom. The Kier molecular flexibility index (Phi) is 5.76. The van der Waals surface area contributed by atoms with E-state index in [1.54, 1.807) is 13.2 Å². The summed E-state index contributed by atoms with van der Waals surface area (Å²) in [7, 11) is 1.66. The van der Waals surface area contributed by atoms with Gasteiger partial charge in [0.25, 0.3) is 0 Å². The van der Waals surface area contributed by atoms with E-state index < -0.39 is 0 Å². The van der Waals surface area contributed by atoms with Gasteiger partial charge < -0.3 is 10.1 Å². The maximum absolute atomic E-state index is 13.8. The van der Waals surface area contributed by atoms with Crippen LogP contribution in [0.3, 0.4) is 0 Å². The molecule has 0 fully saturated rings. The van der Waals surface area contributed by atoms with Crippen molar-refractivity contribution in [1.82, 2.24) is 5.32 Å². The van der Waals surface area contributed by atoms with Crippen molar-refractivity contribution in [3.05, 3.63) is 65.5 Å². The quantitative estimate of drug-likeness (QED) is 0.840. The van der Waals surface area contributed by atoms with Gasteiger partial charge in [-0.05, 0) is 48.7 Å². The minimum absolute atomic E-state index is 0.130. The summed E-state index contributed by atoms with van der Waals surface area (Å²) >= 11 is 0. The van der Waals surface area contributed by atoms with E-state index in [0.717, 1.165) is 24.3 Å². The van der Waals surface area contributed by atoms with Gasteiger partial charge in [-0.1, -0.05) is 37.3 Å². The molecular weight excluding hydrogens is 265 g/mol. The van der Waals surface area contributed by atoms with Crippen LogP contribution in [0.1, 0.15) is 18.1 Å². The van der Waals surface area contributed by atoms with Crippen LogP contribution in [0.15, 0.2) is 48.5 Å². The van der Waals surface area contributed by atoms with E-state index in [2.05, 4.69) is 24.4 Å². The van der Waals surface area contributed by atoms with Crippen LogP contribution in [0.2, 0.25) is 0 Å². The lowest BCUT2D eigenvalue weighted by Crippen LogP contribution is -2.33. The van der Waals surface area contributed by atoms with E-state index in [4.69, 9.17) is 4.74 Å². The molecule has 0 amide bonds. The van der Waals surface area contributed by atoms with Crippen molar-refractivity contribution in [2.45, 2.75) is 25.8 Å². The van der Waals surface area contributed by atoms with Crippen LogP contribution in [0.25, 0.3) is 0 Å². The highest BCUT2D eigenvalue weighted by atomic mass is 19.1. The Bertz CT molecular complexity index is 553. The second kappa shape index (κ2) is 7.79. The predicted octanol–water partition coefficient (Wildman–Crippen LogP) is 3.60. The second-order valence-corrected chi connectivity index (χ2v) is 5.10. The van der Waals surface area contributed by atoms with Crippen molar-refractivity contribution < 1.29 is 9.13 Å². The molecule has 0 spiro atoms. The van der Waals surface area contributed by atoms with Crippen molar-refractivity contribution >= 4 is 0 Å². The fourth-order valence-corrected chi connectivity index (χ4v) is 2.48. The molecule has 0 aromatic heterocycles. The number of ether oxygens (including phenoxy) is 1. The molecule has 2 rings (SSSR count). The number of hydrogen-bond acceptors (Lipinski definition) is 2. The molecule has 1 N–H and O–H groups in total. The number of rotatable bonds is 7. The van der Waals surface area contributed by atoms with Gasteiger partial charge in [0.05, 0.1) is 7.11 Å². The highest BCUT2D eigenvalue weighted by Crippen LogP contribution is 2.15. The number of likely N-dealkylation sites (N-methyl/N-ethyl adjacent to an activating group) is 1. The lowest BCUT2D eigenvalue weighted by molar-refractivity contribution is 0.414. The molecule has 112 valence electrons. The first-order valence-corrected chi connectivity index (χ1v) is 7.32. The van der Waals surface area contributed by atoms with Gasteiger partial charge in [-0.3, -0.25) is 0 Å². The van der Waals surface area contributed by atoms with E-state index in [1.807, 2.05) is 24.3 Å². The molecule has 21 heavy (non-hydrogen) atoms. The van der Waals surface area contributed by atoms with Crippen LogP contribution in [-0.2, 0) is 12.8 Å². The number of nitrogens with one attached hydrogen (secondary N) is 1. The van der Waals surface area contributed by atoms with Gasteiger partial charge in [0, 0.05) is 6.04 Å². The van der Waals surface area contributed by atoms with Gasteiger partial charge in [-0.2, -0.15) is 0 Å². The first-order chi connectivity index (χ1) is 10.2. The summed E-state index contributed by atoms with van der Waals surface area (Å²) < 4.78 is 19.0. The summed E-state index contributed by atoms with van der Waals surface area (Å²) in [5.41, 5.74) is 1.98. The van der Waals surface area contributed by atoms with Crippen LogP contribution < -0.4 is 10.1 Å². The molecule has 0 bridgehead atoms. The number of benzene rings is 2. The van der Waals surface area contributed by atoms with Gasteiger partial charge in [0.15, 0.2) is 0 Å². The monoisotopic (exact) mass is 287 g/mol. The summed E-state index contributed by atoms with van der Waals surface area (Å²) in [6.07, 6.45) is 1.55. The average Bonchev–Trinajstić information content (AvgIpc) is 2.50. The highest BCUT2D eigenvalue weighted by molar-refractivity contribution is 5.28. The Morgan fingerprint density at radius 2 is 1.76 bits per heavy atom. The summed E-state index contributed by atoms with van der Waals surface area (Å²) in [6, 6.07) is 15.2. The molecule has 0 aliphatic carbocycles. The zero-order valence-electron chi connectivity index (χ0n) is 12.6. The average molecular weight is 287 g/mol. The molecule has 0 aliphatic rings. The Hall–Kier alpha value is -1.87. The molecule has 1 atom stereocenters. The molecule has 3 heteroatoms. The van der Waals surface area contributed by atoms with E-state index in [-0.39, 0.29) is 11.9 Å². The molecule has 2 nitrogen and oxygen atoms in total. The van der Waals surface area contributed by atoms with E-state index in [9.17, 15) is 4.39 Å². The van der Waals surface area contributed by atoms with Gasteiger partial charge in [-0.25, -0.2) is 4.39 Å². The topological polar surface area (TPSA) is 21.3 Å². The molecule has 0 saturated heterocycles. The van der Waals surface area contributed by atoms with Crippen LogP contribution in [-0.4, -0.2) is 19.7 Å². The van der Waals surface area contributed by atoms with Gasteiger partial charge >= 0.3 is 0 Å². The number of methoxy groups -OCH3 is 1. The van der Waals surface area contributed by atoms with Crippen LogP contribution in [0.5, 0.6) is 5.75 Å². The predicted molar refractivity (Wildman–Crippen MR) is 84.3 cm³/mol. The van der Waals surface area contributed by atoms with Crippen molar-refractivity contribution in [3.63, 3.8) is 0 Å². The molecule has 1 unspecified atom stereocenters. The highest BCUT2D eigenvalue weighted by Gasteiger charge is 2.12. The smallest absolute Gasteiger partial charge is 0.126 e. The zero-order chi connectivity index (χ0) is 15.1. The van der Waals surface area contributed by atoms with Crippen molar-refractivity contribution in [1.29, 1.82) is 0 Å². The van der Waals surface area contributed by atoms with Gasteiger partial charge in [-0.15, -0.1) is 0 Å².